The van der Waals surface area contributed by atoms with Crippen LogP contribution in [0.4, 0.5) is 0 Å². The van der Waals surface area contributed by atoms with Gasteiger partial charge in [0.05, 0.1) is 12.7 Å². The van der Waals surface area contributed by atoms with Crippen LogP contribution in [0.25, 0.3) is 0 Å². The average Bonchev–Trinajstić information content (AvgIpc) is 2.48. The van der Waals surface area contributed by atoms with Gasteiger partial charge in [0.2, 0.25) is 0 Å². The number of halogens is 1. The fourth-order valence-corrected chi connectivity index (χ4v) is 1.87. The zero-order valence-electron chi connectivity index (χ0n) is 10.7. The monoisotopic (exact) mass is 336 g/mol. The third-order valence-corrected chi connectivity index (χ3v) is 3.14. The van der Waals surface area contributed by atoms with E-state index < -0.39 is 0 Å². The molecule has 5 nitrogen and oxygen atoms in total. The molecule has 2 aromatic rings. The normalized spacial score (nSPS) is 11.2. The van der Waals surface area contributed by atoms with E-state index in [9.17, 15) is 0 Å². The topological polar surface area (TPSA) is 77.1 Å². The number of nitrogens with zero attached hydrogens (tertiary/aromatic N) is 1. The maximum Gasteiger partial charge on any atom is 0.173 e. The summed E-state index contributed by atoms with van der Waals surface area (Å²) in [5, 5.41) is 11.8. The minimum absolute atomic E-state index is 0.0280. The van der Waals surface area contributed by atoms with Gasteiger partial charge in [-0.25, -0.2) is 0 Å². The van der Waals surface area contributed by atoms with Crippen molar-refractivity contribution in [2.45, 2.75) is 0 Å². The number of nitrogens with two attached hydrogens (primary N) is 1. The van der Waals surface area contributed by atoms with Gasteiger partial charge < -0.3 is 20.4 Å². The smallest absolute Gasteiger partial charge is 0.173 e. The third-order valence-electron chi connectivity index (χ3n) is 2.61. The minimum Gasteiger partial charge on any atom is -0.497 e. The Bertz CT molecular complexity index is 627. The van der Waals surface area contributed by atoms with Gasteiger partial charge in [-0.2, -0.15) is 0 Å². The molecule has 2 aromatic carbocycles. The lowest BCUT2D eigenvalue weighted by atomic mass is 10.1. The average molecular weight is 337 g/mol. The molecule has 0 fully saturated rings. The Labute approximate surface area is 124 Å². The molecule has 0 amide bonds. The molecule has 0 saturated heterocycles. The molecule has 104 valence electrons. The van der Waals surface area contributed by atoms with Crippen LogP contribution < -0.4 is 15.2 Å². The van der Waals surface area contributed by atoms with Crippen molar-refractivity contribution in [1.82, 2.24) is 0 Å². The molecule has 0 spiro atoms. The van der Waals surface area contributed by atoms with Gasteiger partial charge >= 0.3 is 0 Å². The molecule has 0 radical (unpaired) electrons. The number of hydrogen-bond donors (Lipinski definition) is 2. The zero-order chi connectivity index (χ0) is 14.5. The number of methoxy groups -OCH3 is 1. The van der Waals surface area contributed by atoms with Gasteiger partial charge in [-0.05, 0) is 36.4 Å². The zero-order valence-corrected chi connectivity index (χ0v) is 12.3. The van der Waals surface area contributed by atoms with Crippen molar-refractivity contribution in [3.63, 3.8) is 0 Å². The van der Waals surface area contributed by atoms with Crippen LogP contribution in [0.15, 0.2) is 52.1 Å². The van der Waals surface area contributed by atoms with Crippen molar-refractivity contribution in [1.29, 1.82) is 0 Å². The number of oxime groups is 1. The highest BCUT2D eigenvalue weighted by Crippen LogP contribution is 2.30. The van der Waals surface area contributed by atoms with Crippen LogP contribution in [0.1, 0.15) is 5.56 Å². The van der Waals surface area contributed by atoms with Gasteiger partial charge in [-0.15, -0.1) is 0 Å². The van der Waals surface area contributed by atoms with Crippen LogP contribution in [-0.4, -0.2) is 18.2 Å². The first-order chi connectivity index (χ1) is 9.63. The van der Waals surface area contributed by atoms with Crippen molar-refractivity contribution in [2.24, 2.45) is 10.9 Å². The van der Waals surface area contributed by atoms with E-state index in [2.05, 4.69) is 21.1 Å². The van der Waals surface area contributed by atoms with E-state index in [0.29, 0.717) is 22.8 Å². The Kier molecular flexibility index (Phi) is 4.47. The van der Waals surface area contributed by atoms with Crippen LogP contribution in [0.2, 0.25) is 0 Å². The van der Waals surface area contributed by atoms with Crippen LogP contribution in [0.5, 0.6) is 17.2 Å². The fraction of sp³-hybridized carbons (Fsp3) is 0.0714. The van der Waals surface area contributed by atoms with Gasteiger partial charge in [0, 0.05) is 10.5 Å². The molecule has 0 saturated carbocycles. The van der Waals surface area contributed by atoms with Crippen LogP contribution in [-0.2, 0) is 0 Å². The SMILES string of the molecule is COc1ccc(/C(N)=N/O)c(Oc2ccc(Br)cc2)c1. The maximum absolute atomic E-state index is 8.81. The molecule has 0 aliphatic heterocycles. The first-order valence-corrected chi connectivity index (χ1v) is 6.52. The lowest BCUT2D eigenvalue weighted by Crippen LogP contribution is -2.14. The first kappa shape index (κ1) is 14.2. The molecule has 0 unspecified atom stereocenters. The fourth-order valence-electron chi connectivity index (χ4n) is 1.61. The molecule has 3 N–H and O–H groups in total. The maximum atomic E-state index is 8.81. The van der Waals surface area contributed by atoms with Crippen LogP contribution >= 0.6 is 15.9 Å². The highest BCUT2D eigenvalue weighted by atomic mass is 79.9. The second-order valence-corrected chi connectivity index (χ2v) is 4.82. The number of hydrogen-bond acceptors (Lipinski definition) is 4. The number of benzene rings is 2. The summed E-state index contributed by atoms with van der Waals surface area (Å²) in [5.74, 6) is 1.67. The van der Waals surface area contributed by atoms with Crippen molar-refractivity contribution in [3.05, 3.63) is 52.5 Å². The van der Waals surface area contributed by atoms with E-state index in [0.717, 1.165) is 4.47 Å². The standard InChI is InChI=1S/C14H13BrN2O3/c1-19-11-6-7-12(14(16)17-18)13(8-11)20-10-4-2-9(15)3-5-10/h2-8,18H,1H3,(H2,16,17). The van der Waals surface area contributed by atoms with Crippen molar-refractivity contribution in [2.75, 3.05) is 7.11 Å². The molecule has 0 atom stereocenters. The van der Waals surface area contributed by atoms with Crippen molar-refractivity contribution in [3.8, 4) is 17.2 Å². The van der Waals surface area contributed by atoms with E-state index in [1.54, 1.807) is 37.4 Å². The highest BCUT2D eigenvalue weighted by Gasteiger charge is 2.11. The van der Waals surface area contributed by atoms with E-state index in [1.807, 2.05) is 12.1 Å². The molecule has 20 heavy (non-hydrogen) atoms. The van der Waals surface area contributed by atoms with Gasteiger partial charge in [-0.1, -0.05) is 21.1 Å². The number of amidine groups is 1. The molecule has 0 bridgehead atoms. The van der Waals surface area contributed by atoms with Crippen molar-refractivity contribution >= 4 is 21.8 Å². The lowest BCUT2D eigenvalue weighted by Gasteiger charge is -2.12. The summed E-state index contributed by atoms with van der Waals surface area (Å²) in [6.07, 6.45) is 0. The molecular formula is C14H13BrN2O3. The Morgan fingerprint density at radius 2 is 1.80 bits per heavy atom. The highest BCUT2D eigenvalue weighted by molar-refractivity contribution is 9.10. The first-order valence-electron chi connectivity index (χ1n) is 5.73. The number of ether oxygens (including phenoxy) is 2. The second-order valence-electron chi connectivity index (χ2n) is 3.90. The van der Waals surface area contributed by atoms with Gasteiger partial charge in [0.1, 0.15) is 17.2 Å². The quantitative estimate of drug-likeness (QED) is 0.388. The van der Waals surface area contributed by atoms with E-state index in [-0.39, 0.29) is 5.84 Å². The summed E-state index contributed by atoms with van der Waals surface area (Å²) in [6.45, 7) is 0. The van der Waals surface area contributed by atoms with E-state index in [1.165, 1.54) is 0 Å². The Morgan fingerprint density at radius 3 is 2.40 bits per heavy atom. The lowest BCUT2D eigenvalue weighted by molar-refractivity contribution is 0.318. The second kappa shape index (κ2) is 6.29. The summed E-state index contributed by atoms with van der Waals surface area (Å²) in [4.78, 5) is 0. The largest absolute Gasteiger partial charge is 0.497 e. The summed E-state index contributed by atoms with van der Waals surface area (Å²) in [5.41, 5.74) is 6.12. The van der Waals surface area contributed by atoms with Gasteiger partial charge in [0.15, 0.2) is 5.84 Å². The summed E-state index contributed by atoms with van der Waals surface area (Å²) >= 11 is 3.35. The summed E-state index contributed by atoms with van der Waals surface area (Å²) < 4.78 is 11.9. The van der Waals surface area contributed by atoms with Gasteiger partial charge in [0.25, 0.3) is 0 Å². The van der Waals surface area contributed by atoms with Crippen LogP contribution in [0.3, 0.4) is 0 Å². The Balaban J connectivity index is 2.39. The molecule has 0 aliphatic rings. The molecule has 0 aromatic heterocycles. The molecule has 2 rings (SSSR count). The molecule has 0 aliphatic carbocycles. The Hall–Kier alpha value is -2.21. The minimum atomic E-state index is -0.0280. The molecular weight excluding hydrogens is 324 g/mol. The predicted molar refractivity (Wildman–Crippen MR) is 79.7 cm³/mol. The van der Waals surface area contributed by atoms with Crippen molar-refractivity contribution < 1.29 is 14.7 Å². The predicted octanol–water partition coefficient (Wildman–Crippen LogP) is 3.34. The summed E-state index contributed by atoms with van der Waals surface area (Å²) in [7, 11) is 1.56. The molecule has 0 heterocycles. The summed E-state index contributed by atoms with van der Waals surface area (Å²) in [6, 6.07) is 12.4. The third kappa shape index (κ3) is 3.21. The van der Waals surface area contributed by atoms with E-state index in [4.69, 9.17) is 20.4 Å². The van der Waals surface area contributed by atoms with Crippen LogP contribution in [0, 0.1) is 0 Å². The van der Waals surface area contributed by atoms with Gasteiger partial charge in [-0.3, -0.25) is 0 Å². The number of rotatable bonds is 4. The Morgan fingerprint density at radius 1 is 1.15 bits per heavy atom. The molecule has 6 heteroatoms. The van der Waals surface area contributed by atoms with E-state index >= 15 is 0 Å².